The molecule has 106 valence electrons. The fraction of sp³-hybridized carbons (Fsp3) is 0.600. The van der Waals surface area contributed by atoms with Gasteiger partial charge in [0.15, 0.2) is 11.5 Å². The zero-order valence-electron chi connectivity index (χ0n) is 11.6. The van der Waals surface area contributed by atoms with Crippen molar-refractivity contribution in [3.63, 3.8) is 0 Å². The molecule has 1 aliphatic rings. The van der Waals surface area contributed by atoms with Crippen LogP contribution in [0.15, 0.2) is 12.1 Å². The lowest BCUT2D eigenvalue weighted by atomic mass is 9.88. The highest BCUT2D eigenvalue weighted by atomic mass is 19.1. The number of ether oxygens (including phenoxy) is 2. The van der Waals surface area contributed by atoms with Crippen LogP contribution in [0, 0.1) is 17.7 Å². The molecule has 1 N–H and O–H groups in total. The van der Waals surface area contributed by atoms with Gasteiger partial charge in [-0.2, -0.15) is 0 Å². The van der Waals surface area contributed by atoms with Crippen molar-refractivity contribution in [1.82, 2.24) is 0 Å². The first-order valence-corrected chi connectivity index (χ1v) is 6.68. The molecule has 0 aliphatic heterocycles. The summed E-state index contributed by atoms with van der Waals surface area (Å²) < 4.78 is 24.3. The van der Waals surface area contributed by atoms with Crippen LogP contribution in [0.1, 0.15) is 37.9 Å². The third-order valence-electron chi connectivity index (χ3n) is 4.15. The Balaban J connectivity index is 2.33. The van der Waals surface area contributed by atoms with E-state index >= 15 is 0 Å². The number of halogens is 1. The van der Waals surface area contributed by atoms with Gasteiger partial charge in [-0.25, -0.2) is 4.39 Å². The standard InChI is InChI=1S/C15H21FO3/c1-9-5-4-6-10(9)15(17)11-7-13(18-2)14(19-3)8-12(11)16/h7-10,15,17H,4-6H2,1-3H3. The molecule has 19 heavy (non-hydrogen) atoms. The van der Waals surface area contributed by atoms with Gasteiger partial charge < -0.3 is 14.6 Å². The summed E-state index contributed by atoms with van der Waals surface area (Å²) in [5.41, 5.74) is 0.302. The van der Waals surface area contributed by atoms with E-state index < -0.39 is 11.9 Å². The lowest BCUT2D eigenvalue weighted by molar-refractivity contribution is 0.0863. The minimum absolute atomic E-state index is 0.118. The second kappa shape index (κ2) is 5.78. The van der Waals surface area contributed by atoms with Crippen molar-refractivity contribution in [1.29, 1.82) is 0 Å². The van der Waals surface area contributed by atoms with Crippen LogP contribution in [-0.4, -0.2) is 19.3 Å². The molecular weight excluding hydrogens is 247 g/mol. The predicted octanol–water partition coefficient (Wildman–Crippen LogP) is 3.31. The molecule has 1 aromatic rings. The van der Waals surface area contributed by atoms with Crippen LogP contribution in [0.2, 0.25) is 0 Å². The summed E-state index contributed by atoms with van der Waals surface area (Å²) in [7, 11) is 2.97. The second-order valence-corrected chi connectivity index (χ2v) is 5.25. The molecule has 1 fully saturated rings. The van der Waals surface area contributed by atoms with Crippen LogP contribution in [0.25, 0.3) is 0 Å². The van der Waals surface area contributed by atoms with Crippen molar-refractivity contribution in [2.45, 2.75) is 32.3 Å². The fourth-order valence-corrected chi connectivity index (χ4v) is 2.97. The third-order valence-corrected chi connectivity index (χ3v) is 4.15. The molecule has 0 amide bonds. The summed E-state index contributed by atoms with van der Waals surface area (Å²) in [5.74, 6) is 0.887. The first kappa shape index (κ1) is 14.1. The summed E-state index contributed by atoms with van der Waals surface area (Å²) in [6.07, 6.45) is 2.35. The summed E-state index contributed by atoms with van der Waals surface area (Å²) in [5, 5.41) is 10.4. The summed E-state index contributed by atoms with van der Waals surface area (Å²) in [6, 6.07) is 2.82. The van der Waals surface area contributed by atoms with Crippen molar-refractivity contribution in [3.05, 3.63) is 23.5 Å². The molecule has 0 aromatic heterocycles. The summed E-state index contributed by atoms with van der Waals surface area (Å²) >= 11 is 0. The molecule has 3 unspecified atom stereocenters. The van der Waals surface area contributed by atoms with Gasteiger partial charge in [0.05, 0.1) is 20.3 Å². The molecular formula is C15H21FO3. The maximum absolute atomic E-state index is 14.1. The van der Waals surface area contributed by atoms with Crippen LogP contribution < -0.4 is 9.47 Å². The Hall–Kier alpha value is -1.29. The van der Waals surface area contributed by atoms with Gasteiger partial charge in [0, 0.05) is 11.6 Å². The number of aliphatic hydroxyl groups is 1. The first-order chi connectivity index (χ1) is 9.08. The quantitative estimate of drug-likeness (QED) is 0.910. The Kier molecular flexibility index (Phi) is 4.30. The Bertz CT molecular complexity index is 447. The number of hydrogen-bond acceptors (Lipinski definition) is 3. The molecule has 3 atom stereocenters. The average Bonchev–Trinajstić information content (AvgIpc) is 2.83. The molecule has 3 nitrogen and oxygen atoms in total. The SMILES string of the molecule is COc1cc(F)c(C(O)C2CCCC2C)cc1OC. The van der Waals surface area contributed by atoms with Gasteiger partial charge in [0.25, 0.3) is 0 Å². The Morgan fingerprint density at radius 3 is 2.37 bits per heavy atom. The maximum Gasteiger partial charge on any atom is 0.163 e. The minimum Gasteiger partial charge on any atom is -0.493 e. The molecule has 1 aromatic carbocycles. The highest BCUT2D eigenvalue weighted by Crippen LogP contribution is 2.42. The Labute approximate surface area is 113 Å². The molecule has 1 saturated carbocycles. The number of methoxy groups -OCH3 is 2. The number of aliphatic hydroxyl groups excluding tert-OH is 1. The van der Waals surface area contributed by atoms with Gasteiger partial charge in [-0.15, -0.1) is 0 Å². The van der Waals surface area contributed by atoms with Crippen LogP contribution in [0.3, 0.4) is 0 Å². The van der Waals surface area contributed by atoms with Crippen molar-refractivity contribution in [3.8, 4) is 11.5 Å². The normalized spacial score (nSPS) is 24.3. The van der Waals surface area contributed by atoms with E-state index in [1.165, 1.54) is 20.3 Å². The van der Waals surface area contributed by atoms with Crippen molar-refractivity contribution >= 4 is 0 Å². The molecule has 0 bridgehead atoms. The zero-order valence-corrected chi connectivity index (χ0v) is 11.6. The summed E-state index contributed by atoms with van der Waals surface area (Å²) in [4.78, 5) is 0. The fourth-order valence-electron chi connectivity index (χ4n) is 2.97. The van der Waals surface area contributed by atoms with E-state index in [1.807, 2.05) is 0 Å². The molecule has 0 radical (unpaired) electrons. The topological polar surface area (TPSA) is 38.7 Å². The lowest BCUT2D eigenvalue weighted by Gasteiger charge is -2.23. The Morgan fingerprint density at radius 2 is 1.84 bits per heavy atom. The number of hydrogen-bond donors (Lipinski definition) is 1. The van der Waals surface area contributed by atoms with Crippen molar-refractivity contribution in [2.24, 2.45) is 11.8 Å². The smallest absolute Gasteiger partial charge is 0.163 e. The zero-order chi connectivity index (χ0) is 14.0. The molecule has 0 spiro atoms. The second-order valence-electron chi connectivity index (χ2n) is 5.25. The van der Waals surface area contributed by atoms with Crippen LogP contribution >= 0.6 is 0 Å². The lowest BCUT2D eigenvalue weighted by Crippen LogP contribution is -2.16. The highest BCUT2D eigenvalue weighted by Gasteiger charge is 2.32. The van der Waals surface area contributed by atoms with Crippen molar-refractivity contribution in [2.75, 3.05) is 14.2 Å². The molecule has 0 heterocycles. The van der Waals surface area contributed by atoms with Gasteiger partial charge in [0.2, 0.25) is 0 Å². The van der Waals surface area contributed by atoms with E-state index in [1.54, 1.807) is 6.07 Å². The largest absolute Gasteiger partial charge is 0.493 e. The van der Waals surface area contributed by atoms with E-state index in [2.05, 4.69) is 6.92 Å². The van der Waals surface area contributed by atoms with Gasteiger partial charge in [-0.05, 0) is 24.3 Å². The van der Waals surface area contributed by atoms with E-state index in [9.17, 15) is 9.50 Å². The molecule has 0 saturated heterocycles. The molecule has 4 heteroatoms. The maximum atomic E-state index is 14.1. The number of benzene rings is 1. The minimum atomic E-state index is -0.780. The first-order valence-electron chi connectivity index (χ1n) is 6.68. The molecule has 2 rings (SSSR count). The van der Waals surface area contributed by atoms with Gasteiger partial charge in [0.1, 0.15) is 5.82 Å². The number of rotatable bonds is 4. The molecule has 1 aliphatic carbocycles. The van der Waals surface area contributed by atoms with E-state index in [-0.39, 0.29) is 5.92 Å². The van der Waals surface area contributed by atoms with Gasteiger partial charge in [-0.3, -0.25) is 0 Å². The Morgan fingerprint density at radius 1 is 1.21 bits per heavy atom. The van der Waals surface area contributed by atoms with E-state index in [0.29, 0.717) is 23.0 Å². The van der Waals surface area contributed by atoms with E-state index in [4.69, 9.17) is 9.47 Å². The van der Waals surface area contributed by atoms with Crippen LogP contribution in [-0.2, 0) is 0 Å². The van der Waals surface area contributed by atoms with Gasteiger partial charge >= 0.3 is 0 Å². The van der Waals surface area contributed by atoms with Gasteiger partial charge in [-0.1, -0.05) is 19.8 Å². The van der Waals surface area contributed by atoms with E-state index in [0.717, 1.165) is 19.3 Å². The third kappa shape index (κ3) is 2.68. The van der Waals surface area contributed by atoms with Crippen molar-refractivity contribution < 1.29 is 19.0 Å². The van der Waals surface area contributed by atoms with Crippen LogP contribution in [0.5, 0.6) is 11.5 Å². The monoisotopic (exact) mass is 268 g/mol. The van der Waals surface area contributed by atoms with Crippen LogP contribution in [0.4, 0.5) is 4.39 Å². The predicted molar refractivity (Wildman–Crippen MR) is 71.0 cm³/mol. The highest BCUT2D eigenvalue weighted by molar-refractivity contribution is 5.44. The summed E-state index contributed by atoms with van der Waals surface area (Å²) in [6.45, 7) is 2.11. The average molecular weight is 268 g/mol.